The molecular weight excluding hydrogens is 196 g/mol. The summed E-state index contributed by atoms with van der Waals surface area (Å²) in [6.45, 7) is 11.5. The van der Waals surface area contributed by atoms with Crippen LogP contribution in [0.1, 0.15) is 27.7 Å². The van der Waals surface area contributed by atoms with E-state index in [9.17, 15) is 0 Å². The van der Waals surface area contributed by atoms with Gasteiger partial charge >= 0.3 is 0 Å². The van der Waals surface area contributed by atoms with Crippen molar-refractivity contribution in [2.75, 3.05) is 39.6 Å². The third-order valence-electron chi connectivity index (χ3n) is 1.75. The summed E-state index contributed by atoms with van der Waals surface area (Å²) in [5.74, 6) is -0.516. The second-order valence-corrected chi connectivity index (χ2v) is 3.49. The molecule has 15 heavy (non-hydrogen) atoms. The van der Waals surface area contributed by atoms with Gasteiger partial charge in [0.25, 0.3) is 0 Å². The molecule has 4 nitrogen and oxygen atoms in total. The van der Waals surface area contributed by atoms with Crippen molar-refractivity contribution in [3.8, 4) is 0 Å². The highest BCUT2D eigenvalue weighted by molar-refractivity contribution is 4.52. The summed E-state index contributed by atoms with van der Waals surface area (Å²) in [6, 6.07) is 0. The molecule has 92 valence electrons. The van der Waals surface area contributed by atoms with E-state index in [0.29, 0.717) is 33.0 Å². The van der Waals surface area contributed by atoms with E-state index in [4.69, 9.17) is 18.9 Å². The Bertz CT molecular complexity index is 137. The maximum Gasteiger partial charge on any atom is 0.162 e. The van der Waals surface area contributed by atoms with Gasteiger partial charge in [-0.15, -0.1) is 0 Å². The van der Waals surface area contributed by atoms with Crippen molar-refractivity contribution in [2.45, 2.75) is 33.5 Å². The zero-order valence-corrected chi connectivity index (χ0v) is 10.4. The van der Waals surface area contributed by atoms with Crippen LogP contribution in [-0.4, -0.2) is 45.4 Å². The van der Waals surface area contributed by atoms with Crippen LogP contribution >= 0.6 is 0 Å². The molecule has 0 aromatic carbocycles. The zero-order valence-electron chi connectivity index (χ0n) is 10.4. The predicted molar refractivity (Wildman–Crippen MR) is 59.0 cm³/mol. The number of rotatable bonds is 10. The Labute approximate surface area is 92.8 Å². The second kappa shape index (κ2) is 9.09. The molecule has 0 bridgehead atoms. The largest absolute Gasteiger partial charge is 0.379 e. The first-order valence-corrected chi connectivity index (χ1v) is 5.55. The van der Waals surface area contributed by atoms with Crippen LogP contribution in [0.4, 0.5) is 0 Å². The first-order chi connectivity index (χ1) is 7.12. The van der Waals surface area contributed by atoms with Gasteiger partial charge in [0, 0.05) is 13.2 Å². The fraction of sp³-hybridized carbons (Fsp3) is 1.00. The van der Waals surface area contributed by atoms with Gasteiger partial charge < -0.3 is 18.9 Å². The molecule has 0 saturated heterocycles. The molecule has 0 amide bonds. The van der Waals surface area contributed by atoms with Gasteiger partial charge in [-0.3, -0.25) is 0 Å². The third kappa shape index (κ3) is 10.1. The minimum Gasteiger partial charge on any atom is -0.379 e. The summed E-state index contributed by atoms with van der Waals surface area (Å²) in [7, 11) is 0. The smallest absolute Gasteiger partial charge is 0.162 e. The molecule has 0 aliphatic carbocycles. The Morgan fingerprint density at radius 1 is 0.733 bits per heavy atom. The predicted octanol–water partition coefficient (Wildman–Crippen LogP) is 1.83. The Kier molecular flexibility index (Phi) is 9.00. The van der Waals surface area contributed by atoms with Crippen molar-refractivity contribution in [1.29, 1.82) is 0 Å². The van der Waals surface area contributed by atoms with Crippen molar-refractivity contribution in [1.82, 2.24) is 0 Å². The fourth-order valence-electron chi connectivity index (χ4n) is 1.10. The van der Waals surface area contributed by atoms with E-state index in [-0.39, 0.29) is 0 Å². The standard InChI is InChI=1S/C11H24O4/c1-5-12-7-8-13-9-10-15-11(3,4)14-6-2/h5-10H2,1-4H3. The van der Waals surface area contributed by atoms with Crippen molar-refractivity contribution >= 4 is 0 Å². The van der Waals surface area contributed by atoms with Gasteiger partial charge in [-0.05, 0) is 27.7 Å². The van der Waals surface area contributed by atoms with Gasteiger partial charge in [0.05, 0.1) is 26.4 Å². The minimum atomic E-state index is -0.516. The average molecular weight is 220 g/mol. The molecule has 0 rings (SSSR count). The molecule has 0 aromatic rings. The Balaban J connectivity index is 3.22. The summed E-state index contributed by atoms with van der Waals surface area (Å²) in [6.07, 6.45) is 0. The second-order valence-electron chi connectivity index (χ2n) is 3.49. The van der Waals surface area contributed by atoms with E-state index < -0.39 is 5.79 Å². The lowest BCUT2D eigenvalue weighted by Gasteiger charge is -2.24. The number of ether oxygens (including phenoxy) is 4. The van der Waals surface area contributed by atoms with E-state index in [1.165, 1.54) is 0 Å². The molecule has 4 heteroatoms. The first kappa shape index (κ1) is 14.8. The minimum absolute atomic E-state index is 0.516. The third-order valence-corrected chi connectivity index (χ3v) is 1.75. The summed E-state index contributed by atoms with van der Waals surface area (Å²) >= 11 is 0. The van der Waals surface area contributed by atoms with Gasteiger partial charge in [-0.2, -0.15) is 0 Å². The molecule has 0 saturated carbocycles. The molecule has 0 N–H and O–H groups in total. The molecular formula is C11H24O4. The van der Waals surface area contributed by atoms with Gasteiger partial charge in [-0.25, -0.2) is 0 Å². The van der Waals surface area contributed by atoms with Crippen LogP contribution in [0.3, 0.4) is 0 Å². The van der Waals surface area contributed by atoms with E-state index in [2.05, 4.69) is 0 Å². The lowest BCUT2D eigenvalue weighted by molar-refractivity contribution is -0.216. The van der Waals surface area contributed by atoms with E-state index >= 15 is 0 Å². The molecule has 0 aromatic heterocycles. The summed E-state index contributed by atoms with van der Waals surface area (Å²) in [5, 5.41) is 0. The lowest BCUT2D eigenvalue weighted by atomic mass is 10.4. The molecule has 0 unspecified atom stereocenters. The number of hydrogen-bond donors (Lipinski definition) is 0. The Hall–Kier alpha value is -0.160. The van der Waals surface area contributed by atoms with Gasteiger partial charge in [-0.1, -0.05) is 0 Å². The molecule has 0 radical (unpaired) electrons. The van der Waals surface area contributed by atoms with Crippen LogP contribution in [0.15, 0.2) is 0 Å². The van der Waals surface area contributed by atoms with Crippen LogP contribution < -0.4 is 0 Å². The Morgan fingerprint density at radius 2 is 1.33 bits per heavy atom. The molecule has 0 aliphatic heterocycles. The summed E-state index contributed by atoms with van der Waals surface area (Å²) in [5.41, 5.74) is 0. The molecule has 0 fully saturated rings. The van der Waals surface area contributed by atoms with Crippen LogP contribution in [-0.2, 0) is 18.9 Å². The van der Waals surface area contributed by atoms with Crippen LogP contribution in [0.5, 0.6) is 0 Å². The van der Waals surface area contributed by atoms with Crippen molar-refractivity contribution < 1.29 is 18.9 Å². The van der Waals surface area contributed by atoms with E-state index in [0.717, 1.165) is 6.61 Å². The highest BCUT2D eigenvalue weighted by atomic mass is 16.7. The number of hydrogen-bond acceptors (Lipinski definition) is 4. The monoisotopic (exact) mass is 220 g/mol. The zero-order chi connectivity index (χ0) is 11.6. The molecule has 0 atom stereocenters. The summed E-state index contributed by atoms with van der Waals surface area (Å²) in [4.78, 5) is 0. The SMILES string of the molecule is CCOCCOCCOC(C)(C)OCC. The van der Waals surface area contributed by atoms with E-state index in [1.807, 2.05) is 27.7 Å². The van der Waals surface area contributed by atoms with Gasteiger partial charge in [0.2, 0.25) is 0 Å². The normalized spacial score (nSPS) is 12.0. The summed E-state index contributed by atoms with van der Waals surface area (Å²) < 4.78 is 21.3. The van der Waals surface area contributed by atoms with Crippen molar-refractivity contribution in [2.24, 2.45) is 0 Å². The van der Waals surface area contributed by atoms with Gasteiger partial charge in [0.15, 0.2) is 5.79 Å². The maximum atomic E-state index is 5.49. The first-order valence-electron chi connectivity index (χ1n) is 5.55. The van der Waals surface area contributed by atoms with Gasteiger partial charge in [0.1, 0.15) is 0 Å². The van der Waals surface area contributed by atoms with Crippen molar-refractivity contribution in [3.63, 3.8) is 0 Å². The molecule has 0 spiro atoms. The maximum absolute atomic E-state index is 5.49. The highest BCUT2D eigenvalue weighted by Crippen LogP contribution is 2.09. The quantitative estimate of drug-likeness (QED) is 0.416. The highest BCUT2D eigenvalue weighted by Gasteiger charge is 2.16. The van der Waals surface area contributed by atoms with Crippen molar-refractivity contribution in [3.05, 3.63) is 0 Å². The Morgan fingerprint density at radius 3 is 1.93 bits per heavy atom. The lowest BCUT2D eigenvalue weighted by Crippen LogP contribution is -2.30. The molecule has 0 heterocycles. The molecule has 0 aliphatic rings. The topological polar surface area (TPSA) is 36.9 Å². The fourth-order valence-corrected chi connectivity index (χ4v) is 1.10. The van der Waals surface area contributed by atoms with Crippen LogP contribution in [0.25, 0.3) is 0 Å². The van der Waals surface area contributed by atoms with Crippen LogP contribution in [0, 0.1) is 0 Å². The average Bonchev–Trinajstić information content (AvgIpc) is 2.16. The van der Waals surface area contributed by atoms with Crippen LogP contribution in [0.2, 0.25) is 0 Å². The van der Waals surface area contributed by atoms with E-state index in [1.54, 1.807) is 0 Å².